The summed E-state index contributed by atoms with van der Waals surface area (Å²) in [7, 11) is 6.68. The summed E-state index contributed by atoms with van der Waals surface area (Å²) in [6.45, 7) is 8.19. The Morgan fingerprint density at radius 1 is 0.825 bits per heavy atom. The predicted molar refractivity (Wildman–Crippen MR) is 161 cm³/mol. The minimum atomic E-state index is 0.577. The monoisotopic (exact) mass is 564 g/mol. The van der Waals surface area contributed by atoms with Gasteiger partial charge in [-0.05, 0) is 48.7 Å². The minimum Gasteiger partial charge on any atom is -0.493 e. The standard InChI is InChI=1S/C31H37ClN4O4/c1-7-23-29-25(36(33-23)19-21-11-12-26(37-3)27(17-21)38-4)18-28(39-5)31(40-6)30(29)35-15-13-34(14-16-35)24-10-8-9-22(32)20(24)2/h8-12,17-18H,7,13-16,19H2,1-6H3. The first-order valence-corrected chi connectivity index (χ1v) is 13.9. The highest BCUT2D eigenvalue weighted by atomic mass is 35.5. The first kappa shape index (κ1) is 27.8. The van der Waals surface area contributed by atoms with Crippen molar-refractivity contribution in [3.63, 3.8) is 0 Å². The molecule has 0 spiro atoms. The molecule has 0 unspecified atom stereocenters. The molecule has 2 heterocycles. The predicted octanol–water partition coefficient (Wildman–Crippen LogP) is 5.97. The average molecular weight is 565 g/mol. The van der Waals surface area contributed by atoms with E-state index in [0.29, 0.717) is 23.8 Å². The molecule has 1 aromatic heterocycles. The first-order valence-electron chi connectivity index (χ1n) is 13.5. The van der Waals surface area contributed by atoms with Crippen LogP contribution in [0.2, 0.25) is 5.02 Å². The quantitative estimate of drug-likeness (QED) is 0.248. The van der Waals surface area contributed by atoms with Crippen molar-refractivity contribution < 1.29 is 18.9 Å². The molecule has 9 heteroatoms. The molecule has 1 aliphatic rings. The van der Waals surface area contributed by atoms with Gasteiger partial charge in [-0.25, -0.2) is 0 Å². The Bertz CT molecular complexity index is 1510. The van der Waals surface area contributed by atoms with E-state index >= 15 is 0 Å². The van der Waals surface area contributed by atoms with Crippen LogP contribution in [0.1, 0.15) is 23.7 Å². The SMILES string of the molecule is CCc1nn(Cc2ccc(OC)c(OC)c2)c2cc(OC)c(OC)c(N3CCN(c4cccc(Cl)c4C)CC3)c12. The maximum absolute atomic E-state index is 6.43. The van der Waals surface area contributed by atoms with E-state index in [9.17, 15) is 0 Å². The van der Waals surface area contributed by atoms with Gasteiger partial charge in [-0.2, -0.15) is 5.10 Å². The van der Waals surface area contributed by atoms with Crippen molar-refractivity contribution in [2.24, 2.45) is 0 Å². The zero-order valence-corrected chi connectivity index (χ0v) is 24.8. The second-order valence-corrected chi connectivity index (χ2v) is 10.3. The maximum Gasteiger partial charge on any atom is 0.185 e. The number of rotatable bonds is 9. The van der Waals surface area contributed by atoms with Gasteiger partial charge in [-0.1, -0.05) is 30.7 Å². The molecule has 0 atom stereocenters. The third kappa shape index (κ3) is 4.96. The molecule has 212 valence electrons. The van der Waals surface area contributed by atoms with E-state index in [1.165, 1.54) is 5.69 Å². The Kier molecular flexibility index (Phi) is 8.17. The zero-order chi connectivity index (χ0) is 28.4. The van der Waals surface area contributed by atoms with Gasteiger partial charge < -0.3 is 28.7 Å². The average Bonchev–Trinajstić information content (AvgIpc) is 3.34. The van der Waals surface area contributed by atoms with Gasteiger partial charge in [0.25, 0.3) is 0 Å². The van der Waals surface area contributed by atoms with Crippen LogP contribution in [0, 0.1) is 6.92 Å². The molecule has 0 aliphatic carbocycles. The lowest BCUT2D eigenvalue weighted by Gasteiger charge is -2.39. The molecular formula is C31H37ClN4O4. The van der Waals surface area contributed by atoms with E-state index in [4.69, 9.17) is 35.6 Å². The largest absolute Gasteiger partial charge is 0.493 e. The van der Waals surface area contributed by atoms with Crippen molar-refractivity contribution in [3.05, 3.63) is 64.3 Å². The van der Waals surface area contributed by atoms with Crippen LogP contribution < -0.4 is 28.7 Å². The molecule has 0 bridgehead atoms. The Morgan fingerprint density at radius 2 is 1.52 bits per heavy atom. The molecule has 0 radical (unpaired) electrons. The van der Waals surface area contributed by atoms with E-state index < -0.39 is 0 Å². The number of nitrogens with zero attached hydrogens (tertiary/aromatic N) is 4. The molecule has 1 fully saturated rings. The summed E-state index contributed by atoms with van der Waals surface area (Å²) < 4.78 is 24.9. The Labute approximate surface area is 240 Å². The van der Waals surface area contributed by atoms with Crippen LogP contribution >= 0.6 is 11.6 Å². The number of hydrogen-bond acceptors (Lipinski definition) is 7. The molecule has 5 rings (SSSR count). The summed E-state index contributed by atoms with van der Waals surface area (Å²) in [4.78, 5) is 4.81. The molecule has 8 nitrogen and oxygen atoms in total. The third-order valence-electron chi connectivity index (χ3n) is 7.72. The highest BCUT2D eigenvalue weighted by Gasteiger charge is 2.28. The smallest absolute Gasteiger partial charge is 0.185 e. The number of aryl methyl sites for hydroxylation is 1. The van der Waals surface area contributed by atoms with Crippen molar-refractivity contribution in [1.29, 1.82) is 0 Å². The van der Waals surface area contributed by atoms with Crippen LogP contribution in [0.4, 0.5) is 11.4 Å². The summed E-state index contributed by atoms with van der Waals surface area (Å²) in [6, 6.07) is 14.1. The molecule has 1 saturated heterocycles. The topological polar surface area (TPSA) is 61.2 Å². The van der Waals surface area contributed by atoms with Gasteiger partial charge in [0, 0.05) is 43.0 Å². The number of ether oxygens (including phenoxy) is 4. The fraction of sp³-hybridized carbons (Fsp3) is 0.387. The van der Waals surface area contributed by atoms with Gasteiger partial charge in [0.15, 0.2) is 23.0 Å². The number of fused-ring (bicyclic) bond motifs is 1. The molecule has 40 heavy (non-hydrogen) atoms. The number of benzene rings is 3. The lowest BCUT2D eigenvalue weighted by Crippen LogP contribution is -2.47. The summed E-state index contributed by atoms with van der Waals surface area (Å²) in [5.74, 6) is 2.82. The van der Waals surface area contributed by atoms with Crippen LogP contribution in [-0.4, -0.2) is 64.4 Å². The fourth-order valence-electron chi connectivity index (χ4n) is 5.63. The lowest BCUT2D eigenvalue weighted by molar-refractivity contribution is 0.354. The van der Waals surface area contributed by atoms with Gasteiger partial charge in [-0.15, -0.1) is 0 Å². The van der Waals surface area contributed by atoms with Gasteiger partial charge in [0.05, 0.1) is 57.3 Å². The van der Waals surface area contributed by atoms with Gasteiger partial charge in [0.2, 0.25) is 0 Å². The lowest BCUT2D eigenvalue weighted by atomic mass is 10.1. The van der Waals surface area contributed by atoms with Crippen molar-refractivity contribution in [1.82, 2.24) is 9.78 Å². The van der Waals surface area contributed by atoms with Crippen LogP contribution in [0.25, 0.3) is 10.9 Å². The third-order valence-corrected chi connectivity index (χ3v) is 8.13. The van der Waals surface area contributed by atoms with E-state index in [1.54, 1.807) is 28.4 Å². The summed E-state index contributed by atoms with van der Waals surface area (Å²) in [5.41, 5.74) is 6.43. The molecule has 0 N–H and O–H groups in total. The number of aromatic nitrogens is 2. The second-order valence-electron chi connectivity index (χ2n) is 9.86. The second kappa shape index (κ2) is 11.8. The minimum absolute atomic E-state index is 0.577. The van der Waals surface area contributed by atoms with Crippen LogP contribution in [0.3, 0.4) is 0 Å². The van der Waals surface area contributed by atoms with Gasteiger partial charge in [0.1, 0.15) is 0 Å². The van der Waals surface area contributed by atoms with E-state index in [1.807, 2.05) is 41.1 Å². The van der Waals surface area contributed by atoms with E-state index in [2.05, 4.69) is 29.7 Å². The summed E-state index contributed by atoms with van der Waals surface area (Å²) in [5, 5.41) is 6.97. The number of anilines is 2. The number of piperazine rings is 1. The van der Waals surface area contributed by atoms with Gasteiger partial charge in [-0.3, -0.25) is 4.68 Å². The highest BCUT2D eigenvalue weighted by molar-refractivity contribution is 6.31. The van der Waals surface area contributed by atoms with Crippen molar-refractivity contribution in [2.75, 3.05) is 64.4 Å². The van der Waals surface area contributed by atoms with Crippen molar-refractivity contribution in [2.45, 2.75) is 26.8 Å². The molecule has 3 aromatic carbocycles. The molecule has 0 saturated carbocycles. The normalized spacial score (nSPS) is 13.6. The van der Waals surface area contributed by atoms with Crippen LogP contribution in [0.5, 0.6) is 23.0 Å². The highest BCUT2D eigenvalue weighted by Crippen LogP contribution is 2.46. The number of halogens is 1. The van der Waals surface area contributed by atoms with E-state index in [0.717, 1.165) is 76.8 Å². The number of hydrogen-bond donors (Lipinski definition) is 0. The van der Waals surface area contributed by atoms with Crippen molar-refractivity contribution >= 4 is 33.9 Å². The van der Waals surface area contributed by atoms with Gasteiger partial charge >= 0.3 is 0 Å². The molecule has 0 amide bonds. The van der Waals surface area contributed by atoms with E-state index in [-0.39, 0.29) is 0 Å². The summed E-state index contributed by atoms with van der Waals surface area (Å²) >= 11 is 6.43. The Morgan fingerprint density at radius 3 is 2.17 bits per heavy atom. The zero-order valence-electron chi connectivity index (χ0n) is 24.1. The first-order chi connectivity index (χ1) is 19.4. The van der Waals surface area contributed by atoms with Crippen LogP contribution in [-0.2, 0) is 13.0 Å². The molecular weight excluding hydrogens is 528 g/mol. The Balaban J connectivity index is 1.55. The fourth-order valence-corrected chi connectivity index (χ4v) is 5.80. The van der Waals surface area contributed by atoms with Crippen molar-refractivity contribution in [3.8, 4) is 23.0 Å². The summed E-state index contributed by atoms with van der Waals surface area (Å²) in [6.07, 6.45) is 0.791. The Hall–Kier alpha value is -3.78. The maximum atomic E-state index is 6.43. The molecule has 4 aromatic rings. The van der Waals surface area contributed by atoms with Crippen LogP contribution in [0.15, 0.2) is 42.5 Å². The number of methoxy groups -OCH3 is 4. The molecule has 1 aliphatic heterocycles.